The molecule has 30 heavy (non-hydrogen) atoms. The summed E-state index contributed by atoms with van der Waals surface area (Å²) in [5, 5.41) is 4.86. The van der Waals surface area contributed by atoms with Gasteiger partial charge in [0.25, 0.3) is 0 Å². The van der Waals surface area contributed by atoms with Crippen molar-refractivity contribution in [1.29, 1.82) is 0 Å². The Bertz CT molecular complexity index is 1380. The van der Waals surface area contributed by atoms with Gasteiger partial charge >= 0.3 is 0 Å². The lowest BCUT2D eigenvalue weighted by Crippen LogP contribution is -1.85. The first kappa shape index (κ1) is 17.7. The maximum atomic E-state index is 5.54. The van der Waals surface area contributed by atoms with Gasteiger partial charge in [-0.3, -0.25) is 9.13 Å². The largest absolute Gasteiger partial charge is 0.269 e. The summed E-state index contributed by atoms with van der Waals surface area (Å²) in [5.41, 5.74) is 4.39. The maximum absolute atomic E-state index is 5.54. The van der Waals surface area contributed by atoms with Crippen LogP contribution in [0.4, 0.5) is 0 Å². The third-order valence-electron chi connectivity index (χ3n) is 5.42. The van der Waals surface area contributed by atoms with Crippen LogP contribution in [0.2, 0.25) is 0 Å². The van der Waals surface area contributed by atoms with Gasteiger partial charge in [0.05, 0.1) is 22.1 Å². The first-order valence-electron chi connectivity index (χ1n) is 9.73. The van der Waals surface area contributed by atoms with Gasteiger partial charge in [-0.2, -0.15) is 0 Å². The third-order valence-corrected chi connectivity index (χ3v) is 5.42. The Morgan fingerprint density at radius 1 is 0.400 bits per heavy atom. The molecule has 2 aromatic heterocycles. The number of aromatic nitrogens is 2. The molecule has 0 saturated carbocycles. The van der Waals surface area contributed by atoms with Crippen molar-refractivity contribution in [3.63, 3.8) is 0 Å². The minimum Gasteiger partial charge on any atom is -0.269 e. The zero-order valence-corrected chi connectivity index (χ0v) is 16.3. The van der Waals surface area contributed by atoms with Gasteiger partial charge in [-0.15, -0.1) is 0 Å². The molecule has 0 fully saturated rings. The molecule has 0 aliphatic carbocycles. The Hall–Kier alpha value is -4.40. The van der Waals surface area contributed by atoms with Gasteiger partial charge in [0.15, 0.2) is 0 Å². The van der Waals surface area contributed by atoms with E-state index in [1.807, 2.05) is 57.7 Å². The number of rotatable bonds is 0. The lowest BCUT2D eigenvalue weighted by molar-refractivity contribution is 1.27. The van der Waals surface area contributed by atoms with Crippen molar-refractivity contribution in [3.05, 3.63) is 97.1 Å². The molecule has 0 aliphatic heterocycles. The van der Waals surface area contributed by atoms with Crippen molar-refractivity contribution in [2.75, 3.05) is 0 Å². The van der Waals surface area contributed by atoms with E-state index >= 15 is 0 Å². The zero-order valence-electron chi connectivity index (χ0n) is 16.3. The van der Waals surface area contributed by atoms with Crippen LogP contribution in [0.25, 0.3) is 43.6 Å². The molecule has 0 aliphatic rings. The fourth-order valence-corrected chi connectivity index (χ4v) is 4.12. The van der Waals surface area contributed by atoms with Crippen LogP contribution in [-0.2, 0) is 0 Å². The number of fused-ring (bicyclic) bond motifs is 6. The molecule has 2 heteroatoms. The molecule has 2 heterocycles. The number of para-hydroxylation sites is 4. The van der Waals surface area contributed by atoms with E-state index in [2.05, 4.69) is 60.6 Å². The zero-order chi connectivity index (χ0) is 20.5. The maximum Gasteiger partial charge on any atom is 0.0624 e. The van der Waals surface area contributed by atoms with Crippen molar-refractivity contribution in [3.8, 4) is 24.9 Å². The molecule has 0 bridgehead atoms. The Balaban J connectivity index is 0.000000128. The number of terminal acetylenes is 2. The lowest BCUT2D eigenvalue weighted by atomic mass is 10.2. The van der Waals surface area contributed by atoms with Crippen LogP contribution in [0.1, 0.15) is 0 Å². The number of hydrogen-bond donors (Lipinski definition) is 0. The van der Waals surface area contributed by atoms with Gasteiger partial charge in [0, 0.05) is 33.6 Å². The normalized spacial score (nSPS) is 10.6. The molecule has 0 amide bonds. The van der Waals surface area contributed by atoms with Crippen molar-refractivity contribution >= 4 is 43.6 Å². The monoisotopic (exact) mass is 382 g/mol. The van der Waals surface area contributed by atoms with Crippen molar-refractivity contribution in [2.24, 2.45) is 0 Å². The van der Waals surface area contributed by atoms with Crippen LogP contribution in [-0.4, -0.2) is 9.13 Å². The molecule has 2 nitrogen and oxygen atoms in total. The molecular formula is C28H18N2. The standard InChI is InChI=1S/2C14H9N/c2*1-2-15-13-9-5-3-7-11(13)12-8-4-6-10-14(12)15/h2*1,3-10H. The second-order valence-corrected chi connectivity index (χ2v) is 7.00. The van der Waals surface area contributed by atoms with E-state index in [1.165, 1.54) is 21.5 Å². The molecule has 0 saturated heterocycles. The molecule has 0 radical (unpaired) electrons. The van der Waals surface area contributed by atoms with E-state index in [-0.39, 0.29) is 0 Å². The van der Waals surface area contributed by atoms with Gasteiger partial charge < -0.3 is 0 Å². The predicted molar refractivity (Wildman–Crippen MR) is 127 cm³/mol. The first-order valence-corrected chi connectivity index (χ1v) is 9.73. The Morgan fingerprint density at radius 3 is 0.867 bits per heavy atom. The Kier molecular flexibility index (Phi) is 4.25. The lowest BCUT2D eigenvalue weighted by Gasteiger charge is -1.94. The summed E-state index contributed by atoms with van der Waals surface area (Å²) in [6.45, 7) is 0. The second-order valence-electron chi connectivity index (χ2n) is 7.00. The molecular weight excluding hydrogens is 364 g/mol. The second kappa shape index (κ2) is 7.21. The van der Waals surface area contributed by atoms with E-state index in [9.17, 15) is 0 Å². The topological polar surface area (TPSA) is 9.86 Å². The fraction of sp³-hybridized carbons (Fsp3) is 0. The van der Waals surface area contributed by atoms with Crippen LogP contribution in [0.5, 0.6) is 0 Å². The number of nitrogens with zero attached hydrogens (tertiary/aromatic N) is 2. The molecule has 0 N–H and O–H groups in total. The molecule has 6 rings (SSSR count). The van der Waals surface area contributed by atoms with Gasteiger partial charge in [-0.25, -0.2) is 0 Å². The summed E-state index contributed by atoms with van der Waals surface area (Å²) in [4.78, 5) is 0. The van der Waals surface area contributed by atoms with E-state index < -0.39 is 0 Å². The van der Waals surface area contributed by atoms with Crippen molar-refractivity contribution in [2.45, 2.75) is 0 Å². The van der Waals surface area contributed by atoms with Crippen molar-refractivity contribution < 1.29 is 0 Å². The van der Waals surface area contributed by atoms with Gasteiger partial charge in [-0.05, 0) is 24.3 Å². The summed E-state index contributed by atoms with van der Waals surface area (Å²) < 4.78 is 3.79. The van der Waals surface area contributed by atoms with E-state index in [4.69, 9.17) is 12.8 Å². The van der Waals surface area contributed by atoms with Gasteiger partial charge in [0.1, 0.15) is 0 Å². The molecule has 0 unspecified atom stereocenters. The van der Waals surface area contributed by atoms with Crippen molar-refractivity contribution in [1.82, 2.24) is 9.13 Å². The Labute approximate surface area is 175 Å². The summed E-state index contributed by atoms with van der Waals surface area (Å²) in [7, 11) is 0. The minimum atomic E-state index is 1.10. The van der Waals surface area contributed by atoms with Gasteiger partial charge in [-0.1, -0.05) is 85.6 Å². The summed E-state index contributed by atoms with van der Waals surface area (Å²) in [6, 6.07) is 38.2. The van der Waals surface area contributed by atoms with Crippen LogP contribution < -0.4 is 0 Å². The van der Waals surface area contributed by atoms with E-state index in [0.717, 1.165) is 22.1 Å². The Morgan fingerprint density at radius 2 is 0.633 bits per heavy atom. The fourth-order valence-electron chi connectivity index (χ4n) is 4.12. The molecule has 140 valence electrons. The molecule has 4 aromatic carbocycles. The number of hydrogen-bond acceptors (Lipinski definition) is 0. The highest BCUT2D eigenvalue weighted by Gasteiger charge is 2.07. The minimum absolute atomic E-state index is 1.10. The van der Waals surface area contributed by atoms with E-state index in [1.54, 1.807) is 0 Å². The molecule has 0 spiro atoms. The summed E-state index contributed by atoms with van der Waals surface area (Å²) >= 11 is 0. The summed E-state index contributed by atoms with van der Waals surface area (Å²) in [6.07, 6.45) is 11.1. The SMILES string of the molecule is C#Cn1c2ccccc2c2ccccc21.C#Cn1c2ccccc2c2ccccc21. The number of benzene rings is 4. The van der Waals surface area contributed by atoms with Crippen LogP contribution in [0.15, 0.2) is 97.1 Å². The first-order chi connectivity index (χ1) is 14.8. The smallest absolute Gasteiger partial charge is 0.0624 e. The molecule has 6 aromatic rings. The third kappa shape index (κ3) is 2.64. The molecule has 0 atom stereocenters. The van der Waals surface area contributed by atoms with Crippen LogP contribution in [0.3, 0.4) is 0 Å². The predicted octanol–water partition coefficient (Wildman–Crippen LogP) is 6.47. The average Bonchev–Trinajstić information content (AvgIpc) is 3.32. The quantitative estimate of drug-likeness (QED) is 0.267. The highest BCUT2D eigenvalue weighted by molar-refractivity contribution is 6.09. The average molecular weight is 382 g/mol. The van der Waals surface area contributed by atoms with Crippen LogP contribution in [0, 0.1) is 24.9 Å². The van der Waals surface area contributed by atoms with Crippen LogP contribution >= 0.6 is 0 Å². The summed E-state index contributed by atoms with van der Waals surface area (Å²) in [5.74, 6) is 0. The van der Waals surface area contributed by atoms with Gasteiger partial charge in [0.2, 0.25) is 0 Å². The van der Waals surface area contributed by atoms with E-state index in [0.29, 0.717) is 0 Å². The highest BCUT2D eigenvalue weighted by atomic mass is 14.9. The highest BCUT2D eigenvalue weighted by Crippen LogP contribution is 2.28.